The molecule has 0 aliphatic carbocycles. The van der Waals surface area contributed by atoms with Crippen LogP contribution in [0.3, 0.4) is 0 Å². The second-order valence-corrected chi connectivity index (χ2v) is 4.16. The van der Waals surface area contributed by atoms with Gasteiger partial charge in [0.15, 0.2) is 11.9 Å². The molecule has 0 spiro atoms. The number of alkyl halides is 1. The van der Waals surface area contributed by atoms with E-state index in [1.54, 1.807) is 0 Å². The quantitative estimate of drug-likeness (QED) is 0.625. The van der Waals surface area contributed by atoms with E-state index in [4.69, 9.17) is 16.7 Å². The SMILES string of the molecule is CC(=O)C(Cl)c1ccc(C=O)cc1C(O)C(=O)O. The number of ketones is 1. The van der Waals surface area contributed by atoms with Crippen LogP contribution in [0.1, 0.15) is 39.9 Å². The largest absolute Gasteiger partial charge is 0.479 e. The van der Waals surface area contributed by atoms with Crippen LogP contribution in [0.2, 0.25) is 0 Å². The normalized spacial score (nSPS) is 13.7. The van der Waals surface area contributed by atoms with E-state index >= 15 is 0 Å². The zero-order chi connectivity index (χ0) is 13.9. The summed E-state index contributed by atoms with van der Waals surface area (Å²) in [5.41, 5.74) is 0.327. The van der Waals surface area contributed by atoms with Crippen molar-refractivity contribution in [2.24, 2.45) is 0 Å². The lowest BCUT2D eigenvalue weighted by Gasteiger charge is -2.15. The van der Waals surface area contributed by atoms with Crippen LogP contribution >= 0.6 is 11.6 Å². The molecule has 96 valence electrons. The molecule has 0 heterocycles. The van der Waals surface area contributed by atoms with Gasteiger partial charge in [0, 0.05) is 5.56 Å². The van der Waals surface area contributed by atoms with Crippen LogP contribution in [0.5, 0.6) is 0 Å². The van der Waals surface area contributed by atoms with Crippen LogP contribution in [-0.4, -0.2) is 28.3 Å². The standard InChI is InChI=1S/C12H11ClO5/c1-6(15)10(13)8-3-2-7(5-14)4-9(8)11(16)12(17)18/h2-5,10-11,16H,1H3,(H,17,18). The highest BCUT2D eigenvalue weighted by atomic mass is 35.5. The molecule has 0 aromatic heterocycles. The number of carboxylic acid groups (broad SMARTS) is 1. The minimum Gasteiger partial charge on any atom is -0.479 e. The molecule has 0 saturated heterocycles. The van der Waals surface area contributed by atoms with Crippen molar-refractivity contribution in [3.05, 3.63) is 34.9 Å². The Morgan fingerprint density at radius 1 is 1.33 bits per heavy atom. The average Bonchev–Trinajstić information content (AvgIpc) is 2.35. The van der Waals surface area contributed by atoms with E-state index in [9.17, 15) is 19.5 Å². The van der Waals surface area contributed by atoms with Gasteiger partial charge in [-0.25, -0.2) is 4.79 Å². The van der Waals surface area contributed by atoms with E-state index in [0.717, 1.165) is 0 Å². The number of Topliss-reactive ketones (excluding diaryl/α,β-unsaturated/α-hetero) is 1. The summed E-state index contributed by atoms with van der Waals surface area (Å²) in [6, 6.07) is 3.97. The van der Waals surface area contributed by atoms with Gasteiger partial charge in [-0.1, -0.05) is 12.1 Å². The number of halogens is 1. The number of hydrogen-bond acceptors (Lipinski definition) is 4. The molecule has 5 nitrogen and oxygen atoms in total. The molecular weight excluding hydrogens is 260 g/mol. The van der Waals surface area contributed by atoms with Gasteiger partial charge in [0.2, 0.25) is 0 Å². The van der Waals surface area contributed by atoms with Crippen LogP contribution in [0.25, 0.3) is 0 Å². The van der Waals surface area contributed by atoms with Gasteiger partial charge in [0.05, 0.1) is 0 Å². The molecule has 1 aromatic carbocycles. The number of benzene rings is 1. The molecule has 0 aliphatic heterocycles. The Labute approximate surface area is 108 Å². The zero-order valence-corrected chi connectivity index (χ0v) is 10.2. The summed E-state index contributed by atoms with van der Waals surface area (Å²) in [5.74, 6) is -1.86. The molecular formula is C12H11ClO5. The van der Waals surface area contributed by atoms with Crippen molar-refractivity contribution in [3.8, 4) is 0 Å². The fraction of sp³-hybridized carbons (Fsp3) is 0.250. The maximum absolute atomic E-state index is 11.2. The molecule has 18 heavy (non-hydrogen) atoms. The monoisotopic (exact) mass is 270 g/mol. The lowest BCUT2D eigenvalue weighted by Crippen LogP contribution is -2.15. The smallest absolute Gasteiger partial charge is 0.337 e. The number of carbonyl (C=O) groups is 3. The number of aldehydes is 1. The molecule has 0 fully saturated rings. The molecule has 6 heteroatoms. The van der Waals surface area contributed by atoms with Gasteiger partial charge in [-0.05, 0) is 24.1 Å². The summed E-state index contributed by atoms with van der Waals surface area (Å²) in [4.78, 5) is 32.6. The summed E-state index contributed by atoms with van der Waals surface area (Å²) in [5, 5.41) is 17.3. The molecule has 0 radical (unpaired) electrons. The van der Waals surface area contributed by atoms with E-state index in [0.29, 0.717) is 6.29 Å². The third-order valence-corrected chi connectivity index (χ3v) is 2.95. The van der Waals surface area contributed by atoms with Crippen LogP contribution in [0.15, 0.2) is 18.2 Å². The highest BCUT2D eigenvalue weighted by Crippen LogP contribution is 2.29. The van der Waals surface area contributed by atoms with Crippen LogP contribution in [-0.2, 0) is 9.59 Å². The maximum Gasteiger partial charge on any atom is 0.337 e. The number of hydrogen-bond donors (Lipinski definition) is 2. The fourth-order valence-electron chi connectivity index (χ4n) is 1.49. The number of aliphatic carboxylic acids is 1. The molecule has 2 atom stereocenters. The Hall–Kier alpha value is -1.72. The average molecular weight is 271 g/mol. The van der Waals surface area contributed by atoms with Gasteiger partial charge in [0.25, 0.3) is 0 Å². The van der Waals surface area contributed by atoms with Gasteiger partial charge in [-0.3, -0.25) is 9.59 Å². The Balaban J connectivity index is 3.37. The summed E-state index contributed by atoms with van der Waals surface area (Å²) in [6.45, 7) is 1.25. The van der Waals surface area contributed by atoms with Crippen molar-refractivity contribution >= 4 is 29.6 Å². The third kappa shape index (κ3) is 2.94. The van der Waals surface area contributed by atoms with E-state index in [1.807, 2.05) is 0 Å². The Morgan fingerprint density at radius 3 is 2.39 bits per heavy atom. The first-order valence-electron chi connectivity index (χ1n) is 5.03. The number of rotatable bonds is 5. The van der Waals surface area contributed by atoms with Crippen LogP contribution in [0.4, 0.5) is 0 Å². The van der Waals surface area contributed by atoms with Crippen molar-refractivity contribution in [2.45, 2.75) is 18.4 Å². The van der Waals surface area contributed by atoms with Crippen molar-refractivity contribution in [1.82, 2.24) is 0 Å². The highest BCUT2D eigenvalue weighted by Gasteiger charge is 2.25. The number of aliphatic hydroxyl groups is 1. The van der Waals surface area contributed by atoms with Crippen molar-refractivity contribution in [2.75, 3.05) is 0 Å². The summed E-state index contributed by atoms with van der Waals surface area (Å²) in [7, 11) is 0. The van der Waals surface area contributed by atoms with Gasteiger partial charge in [-0.15, -0.1) is 11.6 Å². The first-order chi connectivity index (χ1) is 8.38. The Morgan fingerprint density at radius 2 is 1.94 bits per heavy atom. The van der Waals surface area contributed by atoms with Crippen molar-refractivity contribution in [3.63, 3.8) is 0 Å². The minimum absolute atomic E-state index is 0.0534. The van der Waals surface area contributed by atoms with Crippen molar-refractivity contribution in [1.29, 1.82) is 0 Å². The van der Waals surface area contributed by atoms with Gasteiger partial charge >= 0.3 is 5.97 Å². The Kier molecular flexibility index (Phi) is 4.58. The topological polar surface area (TPSA) is 91.7 Å². The predicted molar refractivity (Wildman–Crippen MR) is 63.7 cm³/mol. The van der Waals surface area contributed by atoms with E-state index in [1.165, 1.54) is 25.1 Å². The number of carboxylic acids is 1. The molecule has 0 amide bonds. The van der Waals surface area contributed by atoms with E-state index in [-0.39, 0.29) is 22.5 Å². The van der Waals surface area contributed by atoms with E-state index < -0.39 is 17.5 Å². The maximum atomic E-state index is 11.2. The molecule has 1 aromatic rings. The first kappa shape index (κ1) is 14.3. The van der Waals surface area contributed by atoms with Gasteiger partial charge in [0.1, 0.15) is 11.7 Å². The highest BCUT2D eigenvalue weighted by molar-refractivity contribution is 6.31. The van der Waals surface area contributed by atoms with Crippen LogP contribution in [0, 0.1) is 0 Å². The lowest BCUT2D eigenvalue weighted by atomic mass is 9.96. The zero-order valence-electron chi connectivity index (χ0n) is 9.46. The fourth-order valence-corrected chi connectivity index (χ4v) is 1.68. The molecule has 0 aliphatic rings. The molecule has 2 unspecified atom stereocenters. The second kappa shape index (κ2) is 5.75. The molecule has 0 bridgehead atoms. The Bertz CT molecular complexity index is 497. The third-order valence-electron chi connectivity index (χ3n) is 2.41. The minimum atomic E-state index is -1.83. The first-order valence-corrected chi connectivity index (χ1v) is 5.46. The van der Waals surface area contributed by atoms with Gasteiger partial charge < -0.3 is 10.2 Å². The molecule has 0 saturated carbocycles. The molecule has 1 rings (SSSR count). The number of carbonyl (C=O) groups excluding carboxylic acids is 2. The summed E-state index contributed by atoms with van der Waals surface area (Å²) < 4.78 is 0. The van der Waals surface area contributed by atoms with Crippen molar-refractivity contribution < 1.29 is 24.6 Å². The summed E-state index contributed by atoms with van der Waals surface area (Å²) in [6.07, 6.45) is -1.32. The van der Waals surface area contributed by atoms with Gasteiger partial charge in [-0.2, -0.15) is 0 Å². The predicted octanol–water partition coefficient (Wildman–Crippen LogP) is 1.49. The van der Waals surface area contributed by atoms with E-state index in [2.05, 4.69) is 0 Å². The van der Waals surface area contributed by atoms with Crippen LogP contribution < -0.4 is 0 Å². The lowest BCUT2D eigenvalue weighted by molar-refractivity contribution is -0.147. The second-order valence-electron chi connectivity index (χ2n) is 3.72. The number of aliphatic hydroxyl groups excluding tert-OH is 1. The summed E-state index contributed by atoms with van der Waals surface area (Å²) >= 11 is 5.85. The molecule has 2 N–H and O–H groups in total.